The van der Waals surface area contributed by atoms with Crippen LogP contribution in [0.2, 0.25) is 0 Å². The summed E-state index contributed by atoms with van der Waals surface area (Å²) in [4.78, 5) is 19.6. The van der Waals surface area contributed by atoms with Crippen molar-refractivity contribution in [3.05, 3.63) is 32.5 Å². The van der Waals surface area contributed by atoms with E-state index in [1.54, 1.807) is 17.7 Å². The molecule has 0 spiro atoms. The Hall–Kier alpha value is -1.44. The van der Waals surface area contributed by atoms with Gasteiger partial charge in [-0.25, -0.2) is 4.98 Å². The maximum Gasteiger partial charge on any atom is 0.262 e. The van der Waals surface area contributed by atoms with Crippen molar-refractivity contribution >= 4 is 32.8 Å². The van der Waals surface area contributed by atoms with E-state index in [-0.39, 0.29) is 11.6 Å². The number of hydrogen-bond acceptors (Lipinski definition) is 5. The molecule has 1 fully saturated rings. The minimum Gasteiger partial charge on any atom is -0.378 e. The summed E-state index contributed by atoms with van der Waals surface area (Å²) >= 11 is 3.45. The third-order valence-electron chi connectivity index (χ3n) is 3.94. The maximum absolute atomic E-state index is 12.7. The van der Waals surface area contributed by atoms with Crippen LogP contribution in [0.4, 0.5) is 5.95 Å². The molecule has 1 atom stereocenters. The van der Waals surface area contributed by atoms with Gasteiger partial charge in [0.05, 0.1) is 24.1 Å². The molecule has 118 valence electrons. The predicted octanol–water partition coefficient (Wildman–Crippen LogP) is 1.55. The van der Waals surface area contributed by atoms with Crippen LogP contribution < -0.4 is 16.2 Å². The highest BCUT2D eigenvalue weighted by molar-refractivity contribution is 9.10. The summed E-state index contributed by atoms with van der Waals surface area (Å²) in [5.74, 6) is 0.671. The molecule has 2 heterocycles. The van der Waals surface area contributed by atoms with Gasteiger partial charge in [-0.15, -0.1) is 0 Å². The van der Waals surface area contributed by atoms with Crippen molar-refractivity contribution in [2.75, 3.05) is 31.2 Å². The largest absolute Gasteiger partial charge is 0.378 e. The fourth-order valence-corrected chi connectivity index (χ4v) is 3.22. The molecule has 1 saturated heterocycles. The Morgan fingerprint density at radius 2 is 2.05 bits per heavy atom. The number of ether oxygens (including phenoxy) is 1. The highest BCUT2D eigenvalue weighted by atomic mass is 79.9. The van der Waals surface area contributed by atoms with Gasteiger partial charge in [-0.05, 0) is 24.6 Å². The lowest BCUT2D eigenvalue weighted by molar-refractivity contribution is 0.121. The Balaban J connectivity index is 2.27. The number of rotatable bonds is 2. The van der Waals surface area contributed by atoms with E-state index in [0.717, 1.165) is 23.1 Å². The van der Waals surface area contributed by atoms with Gasteiger partial charge in [0.1, 0.15) is 0 Å². The van der Waals surface area contributed by atoms with Crippen molar-refractivity contribution in [2.24, 2.45) is 12.8 Å². The first-order chi connectivity index (χ1) is 10.5. The van der Waals surface area contributed by atoms with E-state index < -0.39 is 0 Å². The first-order valence-electron chi connectivity index (χ1n) is 7.27. The number of fused-ring (bicyclic) bond motifs is 1. The summed E-state index contributed by atoms with van der Waals surface area (Å²) in [6, 6.07) is 3.54. The van der Waals surface area contributed by atoms with E-state index in [1.807, 2.05) is 13.0 Å². The minimum atomic E-state index is -0.197. The van der Waals surface area contributed by atoms with E-state index >= 15 is 0 Å². The molecule has 3 rings (SSSR count). The second-order valence-electron chi connectivity index (χ2n) is 5.56. The van der Waals surface area contributed by atoms with Crippen LogP contribution in [0.3, 0.4) is 0 Å². The van der Waals surface area contributed by atoms with E-state index in [4.69, 9.17) is 15.5 Å². The van der Waals surface area contributed by atoms with Gasteiger partial charge in [0.2, 0.25) is 5.95 Å². The molecule has 1 aliphatic rings. The molecule has 6 nitrogen and oxygen atoms in total. The molecule has 7 heteroatoms. The Bertz CT molecular complexity index is 766. The van der Waals surface area contributed by atoms with Gasteiger partial charge in [0.25, 0.3) is 5.56 Å². The quantitative estimate of drug-likeness (QED) is 0.872. The summed E-state index contributed by atoms with van der Waals surface area (Å²) in [5, 5.41) is 0.584. The lowest BCUT2D eigenvalue weighted by Crippen LogP contribution is -2.40. The molecule has 1 unspecified atom stereocenters. The molecular formula is C15H19BrN4O2. The van der Waals surface area contributed by atoms with Crippen molar-refractivity contribution in [3.63, 3.8) is 0 Å². The summed E-state index contributed by atoms with van der Waals surface area (Å²) in [5.41, 5.74) is 7.56. The highest BCUT2D eigenvalue weighted by Crippen LogP contribution is 2.26. The van der Waals surface area contributed by atoms with Gasteiger partial charge in [0, 0.05) is 30.7 Å². The first kappa shape index (κ1) is 15.5. The van der Waals surface area contributed by atoms with Gasteiger partial charge in [0.15, 0.2) is 0 Å². The highest BCUT2D eigenvalue weighted by Gasteiger charge is 2.20. The minimum absolute atomic E-state index is 0.0605. The number of nitrogens with two attached hydrogens (primary N) is 1. The molecule has 0 saturated carbocycles. The molecule has 2 N–H and O–H groups in total. The Kier molecular flexibility index (Phi) is 4.20. The Morgan fingerprint density at radius 3 is 2.68 bits per heavy atom. The van der Waals surface area contributed by atoms with Crippen LogP contribution in [0, 0.1) is 0 Å². The lowest BCUT2D eigenvalue weighted by Gasteiger charge is -2.29. The first-order valence-corrected chi connectivity index (χ1v) is 8.07. The van der Waals surface area contributed by atoms with Gasteiger partial charge < -0.3 is 15.4 Å². The van der Waals surface area contributed by atoms with Crippen LogP contribution in [0.5, 0.6) is 0 Å². The van der Waals surface area contributed by atoms with Crippen molar-refractivity contribution < 1.29 is 4.74 Å². The zero-order chi connectivity index (χ0) is 15.9. The average molecular weight is 367 g/mol. The molecular weight excluding hydrogens is 348 g/mol. The van der Waals surface area contributed by atoms with Crippen LogP contribution in [0.1, 0.15) is 18.5 Å². The molecule has 0 radical (unpaired) electrons. The summed E-state index contributed by atoms with van der Waals surface area (Å²) in [6.07, 6.45) is 0. The monoisotopic (exact) mass is 366 g/mol. The second-order valence-corrected chi connectivity index (χ2v) is 6.47. The summed E-state index contributed by atoms with van der Waals surface area (Å²) < 4.78 is 7.81. The van der Waals surface area contributed by atoms with Crippen molar-refractivity contribution in [1.29, 1.82) is 0 Å². The molecule has 0 amide bonds. The van der Waals surface area contributed by atoms with Gasteiger partial charge in [-0.2, -0.15) is 0 Å². The normalized spacial score (nSPS) is 17.0. The average Bonchev–Trinajstić information content (AvgIpc) is 2.51. The van der Waals surface area contributed by atoms with Crippen LogP contribution in [0.15, 0.2) is 21.4 Å². The Labute approximate surface area is 137 Å². The van der Waals surface area contributed by atoms with E-state index in [1.165, 1.54) is 0 Å². The summed E-state index contributed by atoms with van der Waals surface area (Å²) in [6.45, 7) is 4.66. The van der Waals surface area contributed by atoms with Gasteiger partial charge >= 0.3 is 0 Å². The zero-order valence-electron chi connectivity index (χ0n) is 12.7. The number of benzene rings is 1. The Morgan fingerprint density at radius 1 is 1.36 bits per heavy atom. The van der Waals surface area contributed by atoms with Crippen LogP contribution in [0.25, 0.3) is 10.9 Å². The number of aromatic nitrogens is 2. The van der Waals surface area contributed by atoms with Crippen molar-refractivity contribution in [1.82, 2.24) is 9.55 Å². The third kappa shape index (κ3) is 2.64. The maximum atomic E-state index is 12.7. The third-order valence-corrected chi connectivity index (χ3v) is 4.39. The van der Waals surface area contributed by atoms with Gasteiger partial charge in [-0.3, -0.25) is 9.36 Å². The molecule has 0 bridgehead atoms. The lowest BCUT2D eigenvalue weighted by atomic mass is 10.1. The SMILES string of the molecule is CC(N)c1cc(Br)cc2c(=O)n(C)c(N3CCOCC3)nc12. The smallest absolute Gasteiger partial charge is 0.262 e. The topological polar surface area (TPSA) is 73.4 Å². The van der Waals surface area contributed by atoms with Crippen LogP contribution >= 0.6 is 15.9 Å². The zero-order valence-corrected chi connectivity index (χ0v) is 14.3. The van der Waals surface area contributed by atoms with Crippen LogP contribution in [-0.4, -0.2) is 35.9 Å². The predicted molar refractivity (Wildman–Crippen MR) is 90.3 cm³/mol. The summed E-state index contributed by atoms with van der Waals surface area (Å²) in [7, 11) is 1.76. The standard InChI is InChI=1S/C15H19BrN4O2/c1-9(17)11-7-10(16)8-12-13(11)18-15(19(2)14(12)21)20-3-5-22-6-4-20/h7-9H,3-6,17H2,1-2H3. The molecule has 2 aromatic rings. The van der Waals surface area contributed by atoms with E-state index in [0.29, 0.717) is 30.1 Å². The van der Waals surface area contributed by atoms with Crippen molar-refractivity contribution in [2.45, 2.75) is 13.0 Å². The molecule has 1 aliphatic heterocycles. The van der Waals surface area contributed by atoms with E-state index in [2.05, 4.69) is 20.8 Å². The molecule has 22 heavy (non-hydrogen) atoms. The molecule has 0 aliphatic carbocycles. The van der Waals surface area contributed by atoms with Crippen LogP contribution in [-0.2, 0) is 11.8 Å². The fourth-order valence-electron chi connectivity index (χ4n) is 2.75. The fraction of sp³-hybridized carbons (Fsp3) is 0.467. The number of halogens is 1. The van der Waals surface area contributed by atoms with E-state index in [9.17, 15) is 4.79 Å². The second kappa shape index (κ2) is 5.98. The van der Waals surface area contributed by atoms with Gasteiger partial charge in [-0.1, -0.05) is 15.9 Å². The molecule has 1 aromatic carbocycles. The van der Waals surface area contributed by atoms with Crippen molar-refractivity contribution in [3.8, 4) is 0 Å². The number of nitrogens with zero attached hydrogens (tertiary/aromatic N) is 3. The molecule has 1 aromatic heterocycles. The number of anilines is 1. The number of hydrogen-bond donors (Lipinski definition) is 1. The number of morpholine rings is 1.